The van der Waals surface area contributed by atoms with Gasteiger partial charge in [-0.3, -0.25) is 0 Å². The minimum Gasteiger partial charge on any atom is -0.396 e. The number of nitrogens with one attached hydrogen (secondary N) is 1. The van der Waals surface area contributed by atoms with Crippen LogP contribution in [0.5, 0.6) is 0 Å². The first-order valence-electron chi connectivity index (χ1n) is 3.22. The van der Waals surface area contributed by atoms with E-state index in [1.807, 2.05) is 0 Å². The summed E-state index contributed by atoms with van der Waals surface area (Å²) in [6.45, 7) is 3.26. The van der Waals surface area contributed by atoms with Gasteiger partial charge in [-0.15, -0.1) is 0 Å². The van der Waals surface area contributed by atoms with E-state index >= 15 is 0 Å². The molecule has 1 heterocycles. The number of pyridine rings is 1. The Morgan fingerprint density at radius 2 is 2.50 bits per heavy atom. The second-order valence-corrected chi connectivity index (χ2v) is 2.42. The van der Waals surface area contributed by atoms with Gasteiger partial charge in [0.25, 0.3) is 0 Å². The van der Waals surface area contributed by atoms with Crippen molar-refractivity contribution in [2.45, 2.75) is 0 Å². The van der Waals surface area contributed by atoms with E-state index in [2.05, 4.69) is 22.0 Å². The summed E-state index contributed by atoms with van der Waals surface area (Å²) in [5, 5.41) is 2.99. The molecule has 0 atom stereocenters. The van der Waals surface area contributed by atoms with E-state index < -0.39 is 0 Å². The van der Waals surface area contributed by atoms with Crippen molar-refractivity contribution in [3.8, 4) is 0 Å². The normalized spacial score (nSPS) is 9.00. The third kappa shape index (κ3) is 2.00. The van der Waals surface area contributed by atoms with Gasteiger partial charge in [0.2, 0.25) is 0 Å². The molecule has 0 aliphatic heterocycles. The van der Waals surface area contributed by atoms with E-state index in [0.717, 1.165) is 0 Å². The zero-order chi connectivity index (χ0) is 8.97. The van der Waals surface area contributed by atoms with Crippen LogP contribution >= 0.6 is 12.2 Å². The Labute approximate surface area is 75.5 Å². The molecule has 1 rings (SSSR count). The van der Waals surface area contributed by atoms with Crippen molar-refractivity contribution in [2.75, 3.05) is 11.1 Å². The van der Waals surface area contributed by atoms with Crippen molar-refractivity contribution in [3.63, 3.8) is 0 Å². The largest absolute Gasteiger partial charge is 0.396 e. The van der Waals surface area contributed by atoms with Crippen LogP contribution in [0.15, 0.2) is 23.3 Å². The highest BCUT2D eigenvalue weighted by molar-refractivity contribution is 7.80. The molecule has 0 aliphatic rings. The lowest BCUT2D eigenvalue weighted by Crippen LogP contribution is -2.08. The first-order valence-corrected chi connectivity index (χ1v) is 3.63. The van der Waals surface area contributed by atoms with Crippen LogP contribution in [-0.4, -0.2) is 16.8 Å². The van der Waals surface area contributed by atoms with E-state index in [1.54, 1.807) is 18.3 Å². The number of anilines is 2. The fraction of sp³-hybridized carbons (Fsp3) is 0. The van der Waals surface area contributed by atoms with Crippen molar-refractivity contribution >= 4 is 35.6 Å². The standard InChI is InChI=1S/C7H8N4S/c1-9-7(12)11-6-5(8)3-2-4-10-6/h2-4H,1,8H2,(H,10,11,12). The molecule has 0 fully saturated rings. The summed E-state index contributed by atoms with van der Waals surface area (Å²) in [6, 6.07) is 3.46. The summed E-state index contributed by atoms with van der Waals surface area (Å²) >= 11 is 4.76. The van der Waals surface area contributed by atoms with Gasteiger partial charge in [0.1, 0.15) is 0 Å². The van der Waals surface area contributed by atoms with Crippen LogP contribution in [0.25, 0.3) is 0 Å². The van der Waals surface area contributed by atoms with E-state index in [0.29, 0.717) is 11.5 Å². The van der Waals surface area contributed by atoms with Gasteiger partial charge >= 0.3 is 0 Å². The van der Waals surface area contributed by atoms with Crippen LogP contribution in [0.3, 0.4) is 0 Å². The third-order valence-electron chi connectivity index (χ3n) is 1.21. The van der Waals surface area contributed by atoms with Crippen molar-refractivity contribution in [1.82, 2.24) is 4.98 Å². The van der Waals surface area contributed by atoms with Crippen molar-refractivity contribution in [2.24, 2.45) is 4.99 Å². The van der Waals surface area contributed by atoms with E-state index in [4.69, 9.17) is 18.0 Å². The maximum Gasteiger partial charge on any atom is 0.197 e. The molecule has 12 heavy (non-hydrogen) atoms. The number of nitrogens with two attached hydrogens (primary N) is 1. The van der Waals surface area contributed by atoms with E-state index in [1.165, 1.54) is 0 Å². The highest BCUT2D eigenvalue weighted by Crippen LogP contribution is 2.12. The molecule has 0 aliphatic carbocycles. The van der Waals surface area contributed by atoms with Gasteiger partial charge in [-0.1, -0.05) is 0 Å². The number of hydrogen-bond donors (Lipinski definition) is 2. The van der Waals surface area contributed by atoms with Crippen LogP contribution < -0.4 is 11.1 Å². The second-order valence-electron chi connectivity index (χ2n) is 2.03. The molecular formula is C7H8N4S. The Morgan fingerprint density at radius 3 is 3.08 bits per heavy atom. The Hall–Kier alpha value is -1.49. The topological polar surface area (TPSA) is 63.3 Å². The van der Waals surface area contributed by atoms with Crippen LogP contribution in [0.4, 0.5) is 11.5 Å². The van der Waals surface area contributed by atoms with E-state index in [-0.39, 0.29) is 5.11 Å². The van der Waals surface area contributed by atoms with Crippen molar-refractivity contribution < 1.29 is 0 Å². The lowest BCUT2D eigenvalue weighted by Gasteiger charge is -2.03. The predicted molar refractivity (Wildman–Crippen MR) is 54.4 cm³/mol. The summed E-state index contributed by atoms with van der Waals surface area (Å²) in [7, 11) is 0. The zero-order valence-electron chi connectivity index (χ0n) is 6.32. The molecule has 0 radical (unpaired) electrons. The Morgan fingerprint density at radius 1 is 1.75 bits per heavy atom. The second kappa shape index (κ2) is 3.77. The number of aromatic nitrogens is 1. The van der Waals surface area contributed by atoms with Gasteiger partial charge in [-0.25, -0.2) is 9.98 Å². The molecule has 3 N–H and O–H groups in total. The Bertz CT molecular complexity index is 310. The number of hydrogen-bond acceptors (Lipinski definition) is 3. The lowest BCUT2D eigenvalue weighted by atomic mass is 10.4. The fourth-order valence-corrected chi connectivity index (χ4v) is 0.760. The molecule has 0 amide bonds. The van der Waals surface area contributed by atoms with Crippen LogP contribution in [0.1, 0.15) is 0 Å². The van der Waals surface area contributed by atoms with Crippen molar-refractivity contribution in [1.29, 1.82) is 0 Å². The molecule has 0 unspecified atom stereocenters. The number of aliphatic imine (C=N–C) groups is 1. The molecule has 62 valence electrons. The van der Waals surface area contributed by atoms with Gasteiger partial charge in [0.05, 0.1) is 5.69 Å². The highest BCUT2D eigenvalue weighted by Gasteiger charge is 1.98. The Balaban J connectivity index is 2.82. The fourth-order valence-electron chi connectivity index (χ4n) is 0.663. The SMILES string of the molecule is C=NC(=S)Nc1ncccc1N. The maximum atomic E-state index is 5.58. The molecule has 0 saturated carbocycles. The summed E-state index contributed by atoms with van der Waals surface area (Å²) in [5.41, 5.74) is 6.11. The molecule has 1 aromatic heterocycles. The molecule has 0 aromatic carbocycles. The van der Waals surface area contributed by atoms with Crippen LogP contribution in [0, 0.1) is 0 Å². The molecule has 0 bridgehead atoms. The first kappa shape index (κ1) is 8.61. The summed E-state index contributed by atoms with van der Waals surface area (Å²) in [5.74, 6) is 0.509. The van der Waals surface area contributed by atoms with Gasteiger partial charge in [0.15, 0.2) is 10.9 Å². The maximum absolute atomic E-state index is 5.58. The predicted octanol–water partition coefficient (Wildman–Crippen LogP) is 1.06. The third-order valence-corrected chi connectivity index (χ3v) is 1.44. The quantitative estimate of drug-likeness (QED) is 0.501. The van der Waals surface area contributed by atoms with Gasteiger partial charge < -0.3 is 11.1 Å². The first-order chi connectivity index (χ1) is 5.74. The summed E-state index contributed by atoms with van der Waals surface area (Å²) in [4.78, 5) is 7.45. The minimum atomic E-state index is 0.264. The summed E-state index contributed by atoms with van der Waals surface area (Å²) < 4.78 is 0. The van der Waals surface area contributed by atoms with Gasteiger partial charge in [-0.2, -0.15) is 0 Å². The molecule has 0 spiro atoms. The highest BCUT2D eigenvalue weighted by atomic mass is 32.1. The number of nitrogen functional groups attached to an aromatic ring is 1. The minimum absolute atomic E-state index is 0.264. The molecule has 1 aromatic rings. The molecule has 4 nitrogen and oxygen atoms in total. The Kier molecular flexibility index (Phi) is 2.71. The van der Waals surface area contributed by atoms with Gasteiger partial charge in [0, 0.05) is 6.20 Å². The zero-order valence-corrected chi connectivity index (χ0v) is 7.14. The van der Waals surface area contributed by atoms with Gasteiger partial charge in [-0.05, 0) is 31.1 Å². The molecule has 5 heteroatoms. The van der Waals surface area contributed by atoms with E-state index in [9.17, 15) is 0 Å². The summed E-state index contributed by atoms with van der Waals surface area (Å²) in [6.07, 6.45) is 1.62. The monoisotopic (exact) mass is 180 g/mol. The number of rotatable bonds is 1. The van der Waals surface area contributed by atoms with Crippen LogP contribution in [-0.2, 0) is 0 Å². The number of nitrogens with zero attached hydrogens (tertiary/aromatic N) is 2. The number of thiocarbonyl (C=S) groups is 1. The molecular weight excluding hydrogens is 172 g/mol. The molecule has 0 saturated heterocycles. The smallest absolute Gasteiger partial charge is 0.197 e. The van der Waals surface area contributed by atoms with Crippen molar-refractivity contribution in [3.05, 3.63) is 18.3 Å². The lowest BCUT2D eigenvalue weighted by molar-refractivity contribution is 1.32. The average molecular weight is 180 g/mol. The average Bonchev–Trinajstić information content (AvgIpc) is 2.09. The van der Waals surface area contributed by atoms with Crippen LogP contribution in [0.2, 0.25) is 0 Å².